The van der Waals surface area contributed by atoms with Gasteiger partial charge < -0.3 is 4.74 Å². The number of nitrogens with zero attached hydrogens (tertiary/aromatic N) is 2. The lowest BCUT2D eigenvalue weighted by Crippen LogP contribution is -2.15. The van der Waals surface area contributed by atoms with Crippen molar-refractivity contribution in [3.05, 3.63) is 42.2 Å². The zero-order chi connectivity index (χ0) is 20.9. The maximum atomic E-state index is 13.9. The Bertz CT molecular complexity index is 672. The summed E-state index contributed by atoms with van der Waals surface area (Å²) >= 11 is 0. The number of hydrogen-bond acceptors (Lipinski definition) is 3. The van der Waals surface area contributed by atoms with Crippen molar-refractivity contribution in [2.24, 2.45) is 5.92 Å². The number of aryl methyl sites for hydroxylation is 1. The molecule has 160 valence electrons. The number of unbranched alkanes of at least 4 members (excludes halogenated alkanes) is 5. The number of ether oxygens (including phenoxy) is 1. The second-order valence-electron chi connectivity index (χ2n) is 8.11. The van der Waals surface area contributed by atoms with Crippen molar-refractivity contribution in [2.75, 3.05) is 6.61 Å². The highest BCUT2D eigenvalue weighted by Gasteiger charge is 2.12. The van der Waals surface area contributed by atoms with Crippen LogP contribution >= 0.6 is 0 Å². The molecule has 0 aliphatic carbocycles. The predicted molar refractivity (Wildman–Crippen MR) is 119 cm³/mol. The first-order valence-corrected chi connectivity index (χ1v) is 11.3. The normalized spacial score (nSPS) is 13.2. The van der Waals surface area contributed by atoms with Crippen LogP contribution in [0.25, 0.3) is 11.4 Å². The van der Waals surface area contributed by atoms with Crippen LogP contribution in [0, 0.1) is 5.92 Å². The molecule has 0 aliphatic rings. The lowest BCUT2D eigenvalue weighted by Gasteiger charge is -2.14. The fourth-order valence-corrected chi connectivity index (χ4v) is 3.30. The SMILES string of the molecule is CCCCCCCCc1cnc(-c2ccc(OCC(F)CC(C)CC)cc2)nc1. The maximum absolute atomic E-state index is 13.9. The van der Waals surface area contributed by atoms with Crippen molar-refractivity contribution in [3.63, 3.8) is 0 Å². The molecule has 0 saturated carbocycles. The summed E-state index contributed by atoms with van der Waals surface area (Å²) < 4.78 is 19.5. The molecular weight excluding hydrogens is 363 g/mol. The van der Waals surface area contributed by atoms with Gasteiger partial charge in [-0.25, -0.2) is 14.4 Å². The summed E-state index contributed by atoms with van der Waals surface area (Å²) in [5, 5.41) is 0. The Labute approximate surface area is 176 Å². The molecule has 0 fully saturated rings. The molecule has 2 aromatic rings. The molecular formula is C25H37FN2O. The summed E-state index contributed by atoms with van der Waals surface area (Å²) in [6.07, 6.45) is 13.3. The molecule has 0 aliphatic heterocycles. The molecule has 1 heterocycles. The van der Waals surface area contributed by atoms with Gasteiger partial charge >= 0.3 is 0 Å². The van der Waals surface area contributed by atoms with Gasteiger partial charge in [0.05, 0.1) is 0 Å². The van der Waals surface area contributed by atoms with E-state index in [1.807, 2.05) is 36.7 Å². The Morgan fingerprint density at radius 1 is 0.931 bits per heavy atom. The first kappa shape index (κ1) is 23.3. The van der Waals surface area contributed by atoms with Gasteiger partial charge in [0.1, 0.15) is 18.5 Å². The van der Waals surface area contributed by atoms with Gasteiger partial charge in [0.15, 0.2) is 5.82 Å². The number of hydrogen-bond donors (Lipinski definition) is 0. The molecule has 4 heteroatoms. The smallest absolute Gasteiger partial charge is 0.159 e. The molecule has 0 bridgehead atoms. The van der Waals surface area contributed by atoms with Crippen LogP contribution in [-0.4, -0.2) is 22.7 Å². The summed E-state index contributed by atoms with van der Waals surface area (Å²) in [4.78, 5) is 9.02. The first-order valence-electron chi connectivity index (χ1n) is 11.3. The summed E-state index contributed by atoms with van der Waals surface area (Å²) in [7, 11) is 0. The molecule has 1 aromatic heterocycles. The summed E-state index contributed by atoms with van der Waals surface area (Å²) in [5.74, 6) is 1.78. The van der Waals surface area contributed by atoms with Crippen LogP contribution in [0.1, 0.15) is 77.7 Å². The molecule has 0 radical (unpaired) electrons. The first-order chi connectivity index (χ1) is 14.1. The molecule has 2 atom stereocenters. The predicted octanol–water partition coefficient (Wildman–Crippen LogP) is 7.20. The number of aromatic nitrogens is 2. The minimum absolute atomic E-state index is 0.104. The van der Waals surface area contributed by atoms with E-state index in [-0.39, 0.29) is 6.61 Å². The maximum Gasteiger partial charge on any atom is 0.159 e. The third-order valence-electron chi connectivity index (χ3n) is 5.42. The van der Waals surface area contributed by atoms with Gasteiger partial charge in [-0.05, 0) is 55.0 Å². The van der Waals surface area contributed by atoms with Crippen LogP contribution in [-0.2, 0) is 6.42 Å². The Kier molecular flexibility index (Phi) is 10.7. The van der Waals surface area contributed by atoms with E-state index in [1.54, 1.807) is 0 Å². The van der Waals surface area contributed by atoms with E-state index >= 15 is 0 Å². The van der Waals surface area contributed by atoms with E-state index in [9.17, 15) is 4.39 Å². The van der Waals surface area contributed by atoms with Gasteiger partial charge in [-0.1, -0.05) is 59.3 Å². The van der Waals surface area contributed by atoms with Crippen LogP contribution in [0.4, 0.5) is 4.39 Å². The molecule has 2 rings (SSSR count). The topological polar surface area (TPSA) is 35.0 Å². The molecule has 2 unspecified atom stereocenters. The van der Waals surface area contributed by atoms with Gasteiger partial charge in [-0.2, -0.15) is 0 Å². The van der Waals surface area contributed by atoms with Crippen LogP contribution in [0.3, 0.4) is 0 Å². The molecule has 1 aromatic carbocycles. The third-order valence-corrected chi connectivity index (χ3v) is 5.42. The molecule has 3 nitrogen and oxygen atoms in total. The van der Waals surface area contributed by atoms with E-state index in [4.69, 9.17) is 4.74 Å². The lowest BCUT2D eigenvalue weighted by molar-refractivity contribution is 0.170. The van der Waals surface area contributed by atoms with Crippen molar-refractivity contribution in [1.29, 1.82) is 0 Å². The quantitative estimate of drug-likeness (QED) is 0.314. The molecule has 0 amide bonds. The zero-order valence-corrected chi connectivity index (χ0v) is 18.4. The summed E-state index contributed by atoms with van der Waals surface area (Å²) in [6.45, 7) is 6.50. The average molecular weight is 401 g/mol. The molecule has 29 heavy (non-hydrogen) atoms. The Balaban J connectivity index is 1.77. The average Bonchev–Trinajstić information content (AvgIpc) is 2.75. The van der Waals surface area contributed by atoms with Crippen LogP contribution in [0.5, 0.6) is 5.75 Å². The van der Waals surface area contributed by atoms with E-state index in [1.165, 1.54) is 44.1 Å². The standard InChI is InChI=1S/C25H37FN2O/c1-4-6-7-8-9-10-11-21-17-27-25(28-18-21)22-12-14-24(15-13-22)29-19-23(26)16-20(3)5-2/h12-15,17-18,20,23H,4-11,16,19H2,1-3H3. The van der Waals surface area contributed by atoms with Crippen molar-refractivity contribution < 1.29 is 9.13 Å². The minimum atomic E-state index is -0.924. The summed E-state index contributed by atoms with van der Waals surface area (Å²) in [5.41, 5.74) is 2.14. The van der Waals surface area contributed by atoms with Gasteiger partial charge in [0.2, 0.25) is 0 Å². The van der Waals surface area contributed by atoms with Crippen molar-refractivity contribution in [3.8, 4) is 17.1 Å². The highest BCUT2D eigenvalue weighted by atomic mass is 19.1. The molecule has 0 saturated heterocycles. The fraction of sp³-hybridized carbons (Fsp3) is 0.600. The van der Waals surface area contributed by atoms with E-state index in [0.29, 0.717) is 23.9 Å². The van der Waals surface area contributed by atoms with Crippen molar-refractivity contribution >= 4 is 0 Å². The zero-order valence-electron chi connectivity index (χ0n) is 18.4. The highest BCUT2D eigenvalue weighted by molar-refractivity contribution is 5.55. The summed E-state index contributed by atoms with van der Waals surface area (Å²) in [6, 6.07) is 7.58. The Morgan fingerprint density at radius 3 is 2.24 bits per heavy atom. The number of halogens is 1. The Morgan fingerprint density at radius 2 is 1.59 bits per heavy atom. The monoisotopic (exact) mass is 400 g/mol. The van der Waals surface area contributed by atoms with Gasteiger partial charge in [-0.3, -0.25) is 0 Å². The van der Waals surface area contributed by atoms with Gasteiger partial charge in [0.25, 0.3) is 0 Å². The second kappa shape index (κ2) is 13.3. The van der Waals surface area contributed by atoms with Crippen LogP contribution < -0.4 is 4.74 Å². The molecule has 0 N–H and O–H groups in total. The van der Waals surface area contributed by atoms with Crippen LogP contribution in [0.2, 0.25) is 0 Å². The highest BCUT2D eigenvalue weighted by Crippen LogP contribution is 2.21. The van der Waals surface area contributed by atoms with Crippen molar-refractivity contribution in [2.45, 2.75) is 84.7 Å². The number of alkyl halides is 1. The van der Waals surface area contributed by atoms with E-state index in [2.05, 4.69) is 30.7 Å². The lowest BCUT2D eigenvalue weighted by atomic mass is 10.0. The van der Waals surface area contributed by atoms with Gasteiger partial charge in [0, 0.05) is 18.0 Å². The van der Waals surface area contributed by atoms with Crippen molar-refractivity contribution in [1.82, 2.24) is 9.97 Å². The van der Waals surface area contributed by atoms with E-state index < -0.39 is 6.17 Å². The van der Waals surface area contributed by atoms with E-state index in [0.717, 1.165) is 18.4 Å². The van der Waals surface area contributed by atoms with Crippen LogP contribution in [0.15, 0.2) is 36.7 Å². The number of benzene rings is 1. The third kappa shape index (κ3) is 8.93. The largest absolute Gasteiger partial charge is 0.491 e. The number of rotatable bonds is 14. The second-order valence-corrected chi connectivity index (χ2v) is 8.11. The molecule has 0 spiro atoms. The minimum Gasteiger partial charge on any atom is -0.491 e. The fourth-order valence-electron chi connectivity index (χ4n) is 3.30. The van der Waals surface area contributed by atoms with Gasteiger partial charge in [-0.15, -0.1) is 0 Å². The Hall–Kier alpha value is -1.97.